The molecule has 0 spiro atoms. The summed E-state index contributed by atoms with van der Waals surface area (Å²) < 4.78 is 30.2. The Bertz CT molecular complexity index is 1450. The highest BCUT2D eigenvalue weighted by Gasteiger charge is 2.48. The van der Waals surface area contributed by atoms with Crippen LogP contribution < -0.4 is 15.0 Å². The van der Waals surface area contributed by atoms with E-state index in [-0.39, 0.29) is 18.1 Å². The number of ether oxygens (including phenoxy) is 3. The number of methoxy groups -OCH3 is 2. The van der Waals surface area contributed by atoms with E-state index in [0.717, 1.165) is 35.1 Å². The van der Waals surface area contributed by atoms with Crippen LogP contribution >= 0.6 is 0 Å². The zero-order chi connectivity index (χ0) is 29.5. The molecule has 0 fully saturated rings. The lowest BCUT2D eigenvalue weighted by atomic mass is 9.81. The fraction of sp³-hybridized carbons (Fsp3) is 0.387. The molecular formula is C31H36FN3O6. The summed E-state index contributed by atoms with van der Waals surface area (Å²) in [5.74, 6) is -4.23. The molecule has 2 atom stereocenters. The number of anilines is 1. The average Bonchev–Trinajstić information content (AvgIpc) is 3.50. The summed E-state index contributed by atoms with van der Waals surface area (Å²) in [6.07, 6.45) is 5.46. The number of aromatic amines is 1. The Hall–Kier alpha value is -4.34. The summed E-state index contributed by atoms with van der Waals surface area (Å²) >= 11 is 0. The minimum atomic E-state index is -1.34. The van der Waals surface area contributed by atoms with Gasteiger partial charge in [0.1, 0.15) is 17.5 Å². The molecule has 2 N–H and O–H groups in total. The van der Waals surface area contributed by atoms with Crippen LogP contribution in [-0.4, -0.2) is 56.7 Å². The number of rotatable bonds is 13. The van der Waals surface area contributed by atoms with Gasteiger partial charge in [-0.25, -0.2) is 9.18 Å². The van der Waals surface area contributed by atoms with Crippen molar-refractivity contribution in [2.75, 3.05) is 38.8 Å². The molecule has 4 rings (SSSR count). The van der Waals surface area contributed by atoms with Gasteiger partial charge in [-0.2, -0.15) is 0 Å². The quantitative estimate of drug-likeness (QED) is 0.177. The number of amides is 1. The van der Waals surface area contributed by atoms with Crippen molar-refractivity contribution in [1.82, 2.24) is 10.3 Å². The normalized spacial score (nSPS) is 15.5. The van der Waals surface area contributed by atoms with Crippen molar-refractivity contribution in [2.24, 2.45) is 5.92 Å². The standard InChI is InChI=1S/C31H36FN3O6/c1-5-7-14-35-26-11-8-20(32)15-23(26)27(29(35)36)28(31(38)41-6-2)24(30(37)40-4)18-33-13-12-19-17-34-25-10-9-21(39-3)16-22(19)25/h8-11,15-18,27-28,33-34H,5-7,12-14H2,1-4H3/b24-18-/t27-,28-/m0/s1. The first kappa shape index (κ1) is 29.6. The molecule has 9 nitrogen and oxygen atoms in total. The lowest BCUT2D eigenvalue weighted by Gasteiger charge is -2.24. The van der Waals surface area contributed by atoms with Crippen LogP contribution in [0.3, 0.4) is 0 Å². The van der Waals surface area contributed by atoms with E-state index in [0.29, 0.717) is 30.8 Å². The largest absolute Gasteiger partial charge is 0.497 e. The van der Waals surface area contributed by atoms with Crippen LogP contribution in [0.15, 0.2) is 54.4 Å². The number of H-pyrrole nitrogens is 1. The fourth-order valence-electron chi connectivity index (χ4n) is 5.26. The summed E-state index contributed by atoms with van der Waals surface area (Å²) in [6, 6.07) is 9.83. The smallest absolute Gasteiger partial charge is 0.336 e. The Morgan fingerprint density at radius 1 is 1.17 bits per heavy atom. The molecule has 0 bridgehead atoms. The third-order valence-electron chi connectivity index (χ3n) is 7.28. The summed E-state index contributed by atoms with van der Waals surface area (Å²) in [5, 5.41) is 4.12. The molecule has 0 saturated heterocycles. The first-order valence-electron chi connectivity index (χ1n) is 13.8. The van der Waals surface area contributed by atoms with Gasteiger partial charge in [0.05, 0.1) is 32.3 Å². The summed E-state index contributed by atoms with van der Waals surface area (Å²) in [4.78, 5) is 45.0. The van der Waals surface area contributed by atoms with E-state index in [9.17, 15) is 18.8 Å². The van der Waals surface area contributed by atoms with Gasteiger partial charge in [-0.1, -0.05) is 13.3 Å². The third kappa shape index (κ3) is 6.21. The maximum atomic E-state index is 14.4. The van der Waals surface area contributed by atoms with Crippen LogP contribution in [0.1, 0.15) is 43.7 Å². The molecule has 1 aliphatic rings. The minimum absolute atomic E-state index is 0.0394. The Labute approximate surface area is 238 Å². The molecule has 1 aliphatic heterocycles. The second-order valence-electron chi connectivity index (χ2n) is 9.77. The van der Waals surface area contributed by atoms with Crippen molar-refractivity contribution in [3.05, 3.63) is 71.3 Å². The Kier molecular flexibility index (Phi) is 9.65. The van der Waals surface area contributed by atoms with E-state index in [1.54, 1.807) is 18.9 Å². The van der Waals surface area contributed by atoms with Crippen LogP contribution in [0.25, 0.3) is 10.9 Å². The molecule has 0 unspecified atom stereocenters. The zero-order valence-corrected chi connectivity index (χ0v) is 23.8. The number of nitrogens with one attached hydrogen (secondary N) is 2. The molecule has 41 heavy (non-hydrogen) atoms. The first-order valence-corrected chi connectivity index (χ1v) is 13.8. The molecule has 0 aliphatic carbocycles. The highest BCUT2D eigenvalue weighted by molar-refractivity contribution is 6.09. The number of unbranched alkanes of at least 4 members (excludes halogenated alkanes) is 1. The fourth-order valence-corrected chi connectivity index (χ4v) is 5.26. The van der Waals surface area contributed by atoms with Crippen LogP contribution in [0.5, 0.6) is 5.75 Å². The molecule has 2 aromatic carbocycles. The highest BCUT2D eigenvalue weighted by atomic mass is 19.1. The second kappa shape index (κ2) is 13.3. The van der Waals surface area contributed by atoms with Gasteiger partial charge in [0, 0.05) is 42.1 Å². The predicted octanol–water partition coefficient (Wildman–Crippen LogP) is 4.61. The van der Waals surface area contributed by atoms with Crippen LogP contribution in [0.2, 0.25) is 0 Å². The molecule has 0 radical (unpaired) electrons. The monoisotopic (exact) mass is 565 g/mol. The molecule has 2 heterocycles. The van der Waals surface area contributed by atoms with E-state index in [1.165, 1.54) is 31.5 Å². The van der Waals surface area contributed by atoms with Gasteiger partial charge in [0.15, 0.2) is 0 Å². The number of carbonyl (C=O) groups is 3. The Morgan fingerprint density at radius 2 is 1.98 bits per heavy atom. The van der Waals surface area contributed by atoms with Crippen molar-refractivity contribution in [1.29, 1.82) is 0 Å². The molecule has 218 valence electrons. The highest BCUT2D eigenvalue weighted by Crippen LogP contribution is 2.44. The number of aromatic nitrogens is 1. The molecule has 3 aromatic rings. The molecule has 0 saturated carbocycles. The van der Waals surface area contributed by atoms with E-state index >= 15 is 0 Å². The molecule has 1 amide bonds. The van der Waals surface area contributed by atoms with Gasteiger partial charge in [0.2, 0.25) is 5.91 Å². The van der Waals surface area contributed by atoms with E-state index in [4.69, 9.17) is 14.2 Å². The van der Waals surface area contributed by atoms with Crippen LogP contribution in [0.4, 0.5) is 10.1 Å². The zero-order valence-electron chi connectivity index (χ0n) is 23.8. The van der Waals surface area contributed by atoms with Crippen molar-refractivity contribution in [2.45, 2.75) is 39.0 Å². The van der Waals surface area contributed by atoms with Gasteiger partial charge < -0.3 is 29.4 Å². The maximum absolute atomic E-state index is 14.4. The van der Waals surface area contributed by atoms with E-state index in [1.807, 2.05) is 31.3 Å². The van der Waals surface area contributed by atoms with E-state index < -0.39 is 29.6 Å². The number of nitrogens with zero attached hydrogens (tertiary/aromatic N) is 1. The van der Waals surface area contributed by atoms with Crippen molar-refractivity contribution in [3.63, 3.8) is 0 Å². The van der Waals surface area contributed by atoms with Gasteiger partial charge in [-0.15, -0.1) is 0 Å². The number of fused-ring (bicyclic) bond motifs is 2. The van der Waals surface area contributed by atoms with Crippen molar-refractivity contribution in [3.8, 4) is 5.75 Å². The van der Waals surface area contributed by atoms with Crippen LogP contribution in [0, 0.1) is 11.7 Å². The topological polar surface area (TPSA) is 110 Å². The predicted molar refractivity (Wildman–Crippen MR) is 153 cm³/mol. The molecule has 1 aromatic heterocycles. The van der Waals surface area contributed by atoms with Gasteiger partial charge in [0.25, 0.3) is 0 Å². The lowest BCUT2D eigenvalue weighted by Crippen LogP contribution is -2.38. The number of halogens is 1. The Balaban J connectivity index is 1.66. The van der Waals surface area contributed by atoms with Gasteiger partial charge in [-0.3, -0.25) is 9.59 Å². The SMILES string of the molecule is CCCCN1C(=O)[C@H]([C@@H](C(=O)OCC)/C(=C/NCCc2c[nH]c3ccc(OC)cc23)C(=O)OC)c2cc(F)ccc21. The lowest BCUT2D eigenvalue weighted by molar-refractivity contribution is -0.151. The van der Waals surface area contributed by atoms with E-state index in [2.05, 4.69) is 10.3 Å². The maximum Gasteiger partial charge on any atom is 0.336 e. The average molecular weight is 566 g/mol. The molecular weight excluding hydrogens is 529 g/mol. The second-order valence-corrected chi connectivity index (χ2v) is 9.77. The summed E-state index contributed by atoms with van der Waals surface area (Å²) in [5.41, 5.74) is 2.79. The number of hydrogen-bond donors (Lipinski definition) is 2. The number of benzene rings is 2. The minimum Gasteiger partial charge on any atom is -0.497 e. The third-order valence-corrected chi connectivity index (χ3v) is 7.28. The Morgan fingerprint density at radius 3 is 2.68 bits per heavy atom. The number of esters is 2. The van der Waals surface area contributed by atoms with Crippen LogP contribution in [-0.2, 0) is 30.3 Å². The van der Waals surface area contributed by atoms with Crippen molar-refractivity contribution < 1.29 is 33.0 Å². The summed E-state index contributed by atoms with van der Waals surface area (Å²) in [7, 11) is 2.81. The first-order chi connectivity index (χ1) is 19.8. The molecule has 10 heteroatoms. The summed E-state index contributed by atoms with van der Waals surface area (Å²) in [6.45, 7) is 4.50. The van der Waals surface area contributed by atoms with Gasteiger partial charge in [-0.05, 0) is 67.3 Å². The van der Waals surface area contributed by atoms with Crippen molar-refractivity contribution >= 4 is 34.4 Å². The van der Waals surface area contributed by atoms with Gasteiger partial charge >= 0.3 is 11.9 Å². The number of carbonyl (C=O) groups excluding carboxylic acids is 3. The number of hydrogen-bond acceptors (Lipinski definition) is 7.